The van der Waals surface area contributed by atoms with Gasteiger partial charge >= 0.3 is 0 Å². The third-order valence-corrected chi connectivity index (χ3v) is 4.03. The molecule has 0 spiro atoms. The Balaban J connectivity index is 3.29. The monoisotopic (exact) mass is 300 g/mol. The number of ether oxygens (including phenoxy) is 1. The van der Waals surface area contributed by atoms with Crippen LogP contribution in [0.5, 0.6) is 5.75 Å². The van der Waals surface area contributed by atoms with E-state index >= 15 is 0 Å². The van der Waals surface area contributed by atoms with Crippen molar-refractivity contribution in [1.82, 2.24) is 10.0 Å². The Kier molecular flexibility index (Phi) is 5.97. The van der Waals surface area contributed by atoms with Crippen LogP contribution in [-0.2, 0) is 10.0 Å². The molecule has 0 aliphatic rings. The van der Waals surface area contributed by atoms with E-state index in [0.717, 1.165) is 0 Å². The highest BCUT2D eigenvalue weighted by molar-refractivity contribution is 7.89. The average molecular weight is 300 g/mol. The van der Waals surface area contributed by atoms with Crippen molar-refractivity contribution in [2.75, 3.05) is 19.7 Å². The highest BCUT2D eigenvalue weighted by Gasteiger charge is 2.21. The summed E-state index contributed by atoms with van der Waals surface area (Å²) in [6.45, 7) is 6.32. The fourth-order valence-corrected chi connectivity index (χ4v) is 2.87. The number of carbonyl (C=O) groups excluding carboxylic acids is 1. The number of hydrogen-bond donors (Lipinski definition) is 2. The number of benzene rings is 1. The molecular weight excluding hydrogens is 280 g/mol. The van der Waals surface area contributed by atoms with Crippen molar-refractivity contribution in [1.29, 1.82) is 0 Å². The Morgan fingerprint density at radius 2 is 1.90 bits per heavy atom. The van der Waals surface area contributed by atoms with Gasteiger partial charge in [0.1, 0.15) is 10.6 Å². The van der Waals surface area contributed by atoms with Crippen molar-refractivity contribution in [2.24, 2.45) is 0 Å². The second kappa shape index (κ2) is 7.25. The second-order valence-corrected chi connectivity index (χ2v) is 5.69. The maximum absolute atomic E-state index is 12.1. The molecule has 0 heterocycles. The van der Waals surface area contributed by atoms with Crippen LogP contribution in [0.15, 0.2) is 23.1 Å². The van der Waals surface area contributed by atoms with Gasteiger partial charge in [0.05, 0.1) is 6.61 Å². The Hall–Kier alpha value is -1.60. The van der Waals surface area contributed by atoms with Gasteiger partial charge in [-0.15, -0.1) is 0 Å². The molecule has 0 unspecified atom stereocenters. The Labute approximate surface area is 119 Å². The lowest BCUT2D eigenvalue weighted by Gasteiger charge is -2.12. The van der Waals surface area contributed by atoms with E-state index in [-0.39, 0.29) is 28.7 Å². The van der Waals surface area contributed by atoms with E-state index in [4.69, 9.17) is 4.74 Å². The van der Waals surface area contributed by atoms with E-state index in [2.05, 4.69) is 10.0 Å². The first-order valence-electron chi connectivity index (χ1n) is 6.50. The largest absolute Gasteiger partial charge is 0.492 e. The predicted octanol–water partition coefficient (Wildman–Crippen LogP) is 1.13. The smallest absolute Gasteiger partial charge is 0.251 e. The summed E-state index contributed by atoms with van der Waals surface area (Å²) in [6, 6.07) is 4.37. The van der Waals surface area contributed by atoms with Crippen molar-refractivity contribution in [3.05, 3.63) is 23.8 Å². The van der Waals surface area contributed by atoms with Crippen molar-refractivity contribution in [3.63, 3.8) is 0 Å². The molecule has 0 bridgehead atoms. The van der Waals surface area contributed by atoms with Crippen LogP contribution in [0.25, 0.3) is 0 Å². The Bertz CT molecular complexity index is 570. The molecule has 1 aromatic carbocycles. The molecule has 0 fully saturated rings. The molecular formula is C13H20N2O4S. The quantitative estimate of drug-likeness (QED) is 0.790. The molecule has 112 valence electrons. The van der Waals surface area contributed by atoms with Gasteiger partial charge in [-0.3, -0.25) is 4.79 Å². The summed E-state index contributed by atoms with van der Waals surface area (Å²) in [5, 5.41) is 2.63. The van der Waals surface area contributed by atoms with E-state index in [1.165, 1.54) is 12.1 Å². The van der Waals surface area contributed by atoms with Crippen molar-refractivity contribution >= 4 is 15.9 Å². The summed E-state index contributed by atoms with van der Waals surface area (Å²) in [6.07, 6.45) is 0. The van der Waals surface area contributed by atoms with Gasteiger partial charge in [-0.05, 0) is 32.0 Å². The van der Waals surface area contributed by atoms with Crippen LogP contribution >= 0.6 is 0 Å². The molecule has 20 heavy (non-hydrogen) atoms. The lowest BCUT2D eigenvalue weighted by atomic mass is 10.2. The first kappa shape index (κ1) is 16.5. The number of amides is 1. The molecule has 0 atom stereocenters. The van der Waals surface area contributed by atoms with Crippen LogP contribution in [0.1, 0.15) is 31.1 Å². The minimum atomic E-state index is -3.69. The molecule has 6 nitrogen and oxygen atoms in total. The van der Waals surface area contributed by atoms with Gasteiger partial charge in [-0.1, -0.05) is 6.92 Å². The van der Waals surface area contributed by atoms with Crippen LogP contribution in [0.2, 0.25) is 0 Å². The summed E-state index contributed by atoms with van der Waals surface area (Å²) >= 11 is 0. The van der Waals surface area contributed by atoms with Gasteiger partial charge < -0.3 is 10.1 Å². The van der Waals surface area contributed by atoms with Crippen LogP contribution in [-0.4, -0.2) is 34.0 Å². The number of hydrogen-bond acceptors (Lipinski definition) is 4. The standard InChI is InChI=1S/C13H20N2O4S/c1-4-14-13(16)10-7-8-11(19-6-3)12(9-10)20(17,18)15-5-2/h7-9,15H,4-6H2,1-3H3,(H,14,16). The molecule has 7 heteroatoms. The first-order valence-corrected chi connectivity index (χ1v) is 7.99. The van der Waals surface area contributed by atoms with Crippen LogP contribution in [0.4, 0.5) is 0 Å². The van der Waals surface area contributed by atoms with Gasteiger partial charge in [0.25, 0.3) is 5.91 Å². The number of rotatable bonds is 7. The van der Waals surface area contributed by atoms with E-state index in [1.54, 1.807) is 26.8 Å². The minimum Gasteiger partial charge on any atom is -0.492 e. The molecule has 1 aromatic rings. The second-order valence-electron chi connectivity index (χ2n) is 3.96. The maximum Gasteiger partial charge on any atom is 0.251 e. The SMILES string of the molecule is CCNC(=O)c1ccc(OCC)c(S(=O)(=O)NCC)c1. The number of carbonyl (C=O) groups is 1. The molecule has 0 aliphatic carbocycles. The van der Waals surface area contributed by atoms with Gasteiger partial charge in [0.15, 0.2) is 0 Å². The van der Waals surface area contributed by atoms with Gasteiger partial charge in [0, 0.05) is 18.7 Å². The molecule has 1 rings (SSSR count). The van der Waals surface area contributed by atoms with Crippen molar-refractivity contribution in [2.45, 2.75) is 25.7 Å². The zero-order chi connectivity index (χ0) is 15.2. The Morgan fingerprint density at radius 3 is 2.45 bits per heavy atom. The third-order valence-electron chi connectivity index (χ3n) is 2.47. The maximum atomic E-state index is 12.1. The zero-order valence-electron chi connectivity index (χ0n) is 11.9. The molecule has 0 saturated heterocycles. The normalized spacial score (nSPS) is 11.2. The Morgan fingerprint density at radius 1 is 1.20 bits per heavy atom. The summed E-state index contributed by atoms with van der Waals surface area (Å²) < 4.78 is 32.0. The van der Waals surface area contributed by atoms with Gasteiger partial charge in [-0.2, -0.15) is 0 Å². The fourth-order valence-electron chi connectivity index (χ4n) is 1.66. The lowest BCUT2D eigenvalue weighted by molar-refractivity contribution is 0.0955. The van der Waals surface area contributed by atoms with Crippen LogP contribution in [0.3, 0.4) is 0 Å². The van der Waals surface area contributed by atoms with E-state index in [9.17, 15) is 13.2 Å². The average Bonchev–Trinajstić information content (AvgIpc) is 2.39. The topological polar surface area (TPSA) is 84.5 Å². The van der Waals surface area contributed by atoms with Crippen LogP contribution < -0.4 is 14.8 Å². The van der Waals surface area contributed by atoms with E-state index < -0.39 is 10.0 Å². The summed E-state index contributed by atoms with van der Waals surface area (Å²) in [4.78, 5) is 11.8. The molecule has 2 N–H and O–H groups in total. The van der Waals surface area contributed by atoms with Gasteiger partial charge in [-0.25, -0.2) is 13.1 Å². The molecule has 0 saturated carbocycles. The highest BCUT2D eigenvalue weighted by Crippen LogP contribution is 2.25. The molecule has 0 aromatic heterocycles. The predicted molar refractivity (Wildman–Crippen MR) is 76.5 cm³/mol. The summed E-state index contributed by atoms with van der Waals surface area (Å²) in [5.74, 6) is -0.0787. The van der Waals surface area contributed by atoms with Crippen LogP contribution in [0, 0.1) is 0 Å². The summed E-state index contributed by atoms with van der Waals surface area (Å²) in [5.41, 5.74) is 0.284. The van der Waals surface area contributed by atoms with Gasteiger partial charge in [0.2, 0.25) is 10.0 Å². The van der Waals surface area contributed by atoms with E-state index in [1.807, 2.05) is 0 Å². The summed E-state index contributed by atoms with van der Waals surface area (Å²) in [7, 11) is -3.69. The lowest BCUT2D eigenvalue weighted by Crippen LogP contribution is -2.26. The van der Waals surface area contributed by atoms with Crippen molar-refractivity contribution in [3.8, 4) is 5.75 Å². The van der Waals surface area contributed by atoms with Crippen molar-refractivity contribution < 1.29 is 17.9 Å². The zero-order valence-corrected chi connectivity index (χ0v) is 12.7. The number of sulfonamides is 1. The highest BCUT2D eigenvalue weighted by atomic mass is 32.2. The third kappa shape index (κ3) is 3.94. The molecule has 0 radical (unpaired) electrons. The number of nitrogens with one attached hydrogen (secondary N) is 2. The molecule has 1 amide bonds. The van der Waals surface area contributed by atoms with E-state index in [0.29, 0.717) is 13.2 Å². The minimum absolute atomic E-state index is 0.0232. The first-order chi connectivity index (χ1) is 9.46. The molecule has 0 aliphatic heterocycles. The fraction of sp³-hybridized carbons (Fsp3) is 0.462.